The van der Waals surface area contributed by atoms with Gasteiger partial charge in [-0.15, -0.1) is 0 Å². The van der Waals surface area contributed by atoms with Crippen LogP contribution in [0.25, 0.3) is 10.9 Å². The molecule has 1 aromatic heterocycles. The Balaban J connectivity index is 1.29. The molecule has 4 rings (SSSR count). The highest BCUT2D eigenvalue weighted by Gasteiger charge is 2.22. The number of urea groups is 1. The predicted octanol–water partition coefficient (Wildman–Crippen LogP) is 4.68. The van der Waals surface area contributed by atoms with E-state index in [1.807, 2.05) is 79.8 Å². The Kier molecular flexibility index (Phi) is 5.75. The number of carbonyl (C=O) groups is 1. The van der Waals surface area contributed by atoms with Crippen molar-refractivity contribution >= 4 is 28.4 Å². The normalized spacial score (nSPS) is 17.6. The fourth-order valence-electron chi connectivity index (χ4n) is 3.47. The Labute approximate surface area is 176 Å². The van der Waals surface area contributed by atoms with E-state index in [1.54, 1.807) is 6.33 Å². The number of amides is 2. The second-order valence-corrected chi connectivity index (χ2v) is 7.60. The SMILES string of the molecule is CC1(NC(=O)Nc2ccc(CCNc3ncnc4ccccc34)cc2)C=CC=CC1. The average molecular weight is 399 g/mol. The first-order valence-electron chi connectivity index (χ1n) is 10.1. The van der Waals surface area contributed by atoms with Gasteiger partial charge in [-0.3, -0.25) is 0 Å². The number of hydrogen-bond acceptors (Lipinski definition) is 4. The highest BCUT2D eigenvalue weighted by molar-refractivity contribution is 5.90. The largest absolute Gasteiger partial charge is 0.369 e. The first-order chi connectivity index (χ1) is 14.6. The van der Waals surface area contributed by atoms with Gasteiger partial charge >= 0.3 is 6.03 Å². The van der Waals surface area contributed by atoms with Crippen LogP contribution in [0, 0.1) is 0 Å². The minimum Gasteiger partial charge on any atom is -0.369 e. The number of anilines is 2. The van der Waals surface area contributed by atoms with Crippen molar-refractivity contribution < 1.29 is 4.79 Å². The quantitative estimate of drug-likeness (QED) is 0.562. The van der Waals surface area contributed by atoms with Gasteiger partial charge in [0.25, 0.3) is 0 Å². The van der Waals surface area contributed by atoms with Crippen LogP contribution in [0.2, 0.25) is 0 Å². The van der Waals surface area contributed by atoms with E-state index in [9.17, 15) is 4.79 Å². The van der Waals surface area contributed by atoms with E-state index in [0.717, 1.165) is 41.8 Å². The summed E-state index contributed by atoms with van der Waals surface area (Å²) in [6.45, 7) is 2.76. The molecule has 0 radical (unpaired) electrons. The summed E-state index contributed by atoms with van der Waals surface area (Å²) in [6, 6.07) is 15.7. The highest BCUT2D eigenvalue weighted by atomic mass is 16.2. The Morgan fingerprint density at radius 2 is 1.90 bits per heavy atom. The molecule has 1 atom stereocenters. The molecule has 3 aromatic rings. The molecule has 1 aliphatic carbocycles. The third-order valence-corrected chi connectivity index (χ3v) is 5.11. The average Bonchev–Trinajstić information content (AvgIpc) is 2.75. The minimum absolute atomic E-state index is 0.206. The number of rotatable bonds is 6. The van der Waals surface area contributed by atoms with Gasteiger partial charge in [0.15, 0.2) is 0 Å². The molecule has 3 N–H and O–H groups in total. The zero-order chi connectivity index (χ0) is 20.8. The third-order valence-electron chi connectivity index (χ3n) is 5.11. The molecule has 152 valence electrons. The number of aromatic nitrogens is 2. The van der Waals surface area contributed by atoms with Gasteiger partial charge in [-0.25, -0.2) is 14.8 Å². The van der Waals surface area contributed by atoms with E-state index in [1.165, 1.54) is 5.56 Å². The van der Waals surface area contributed by atoms with Gasteiger partial charge in [-0.1, -0.05) is 48.6 Å². The smallest absolute Gasteiger partial charge is 0.319 e. The molecule has 0 fully saturated rings. The van der Waals surface area contributed by atoms with E-state index in [4.69, 9.17) is 0 Å². The molecule has 0 saturated heterocycles. The maximum absolute atomic E-state index is 12.3. The van der Waals surface area contributed by atoms with E-state index in [2.05, 4.69) is 25.9 Å². The van der Waals surface area contributed by atoms with Crippen molar-refractivity contribution in [3.05, 3.63) is 84.7 Å². The molecule has 2 amide bonds. The Morgan fingerprint density at radius 1 is 1.07 bits per heavy atom. The molecular weight excluding hydrogens is 374 g/mol. The fraction of sp³-hybridized carbons (Fsp3) is 0.208. The van der Waals surface area contributed by atoms with Gasteiger partial charge in [0.1, 0.15) is 12.1 Å². The van der Waals surface area contributed by atoms with Crippen molar-refractivity contribution in [2.45, 2.75) is 25.3 Å². The molecule has 0 spiro atoms. The Morgan fingerprint density at radius 3 is 2.70 bits per heavy atom. The summed E-state index contributed by atoms with van der Waals surface area (Å²) in [6.07, 6.45) is 11.2. The minimum atomic E-state index is -0.352. The van der Waals surface area contributed by atoms with Gasteiger partial charge in [0, 0.05) is 17.6 Å². The maximum Gasteiger partial charge on any atom is 0.319 e. The van der Waals surface area contributed by atoms with Crippen molar-refractivity contribution in [1.29, 1.82) is 0 Å². The fourth-order valence-corrected chi connectivity index (χ4v) is 3.47. The van der Waals surface area contributed by atoms with Crippen molar-refractivity contribution in [3.63, 3.8) is 0 Å². The number of hydrogen-bond donors (Lipinski definition) is 3. The number of allylic oxidation sites excluding steroid dienone is 2. The summed E-state index contributed by atoms with van der Waals surface area (Å²) in [5.74, 6) is 0.843. The van der Waals surface area contributed by atoms with Crippen molar-refractivity contribution in [1.82, 2.24) is 15.3 Å². The topological polar surface area (TPSA) is 78.9 Å². The first kappa shape index (κ1) is 19.6. The molecule has 0 bridgehead atoms. The van der Waals surface area contributed by atoms with Crippen molar-refractivity contribution in [2.75, 3.05) is 17.2 Å². The summed E-state index contributed by atoms with van der Waals surface area (Å²) in [7, 11) is 0. The molecule has 1 heterocycles. The molecule has 1 unspecified atom stereocenters. The lowest BCUT2D eigenvalue weighted by atomic mass is 9.94. The van der Waals surface area contributed by atoms with E-state index in [0.29, 0.717) is 0 Å². The molecule has 6 heteroatoms. The van der Waals surface area contributed by atoms with Crippen LogP contribution >= 0.6 is 0 Å². The van der Waals surface area contributed by atoms with Crippen LogP contribution < -0.4 is 16.0 Å². The number of para-hydroxylation sites is 1. The zero-order valence-electron chi connectivity index (χ0n) is 16.9. The van der Waals surface area contributed by atoms with Crippen molar-refractivity contribution in [2.24, 2.45) is 0 Å². The molecule has 0 saturated carbocycles. The van der Waals surface area contributed by atoms with Crippen LogP contribution in [-0.2, 0) is 6.42 Å². The summed E-state index contributed by atoms with van der Waals surface area (Å²) in [4.78, 5) is 20.9. The van der Waals surface area contributed by atoms with Crippen LogP contribution in [0.1, 0.15) is 18.9 Å². The lowest BCUT2D eigenvalue weighted by molar-refractivity contribution is 0.244. The monoisotopic (exact) mass is 399 g/mol. The molecule has 30 heavy (non-hydrogen) atoms. The summed E-state index contributed by atoms with van der Waals surface area (Å²) in [5, 5.41) is 10.3. The lowest BCUT2D eigenvalue weighted by Crippen LogP contribution is -2.46. The standard InChI is InChI=1S/C24H25N5O/c1-24(14-5-2-6-15-24)29-23(30)28-19-11-9-18(10-12-19)13-16-25-22-20-7-3-4-8-21(20)26-17-27-22/h2-12,14,17H,13,15-16H2,1H3,(H,25,26,27)(H2,28,29,30). The summed E-state index contributed by atoms with van der Waals surface area (Å²) >= 11 is 0. The van der Waals surface area contributed by atoms with Gasteiger partial charge in [0.05, 0.1) is 11.1 Å². The number of fused-ring (bicyclic) bond motifs is 1. The number of nitrogens with one attached hydrogen (secondary N) is 3. The van der Waals surface area contributed by atoms with E-state index in [-0.39, 0.29) is 11.6 Å². The van der Waals surface area contributed by atoms with E-state index >= 15 is 0 Å². The second kappa shape index (κ2) is 8.78. The van der Waals surface area contributed by atoms with Crippen LogP contribution in [0.4, 0.5) is 16.3 Å². The first-order valence-corrected chi connectivity index (χ1v) is 10.1. The highest BCUT2D eigenvalue weighted by Crippen LogP contribution is 2.19. The molecule has 1 aliphatic rings. The van der Waals surface area contributed by atoms with E-state index < -0.39 is 0 Å². The van der Waals surface area contributed by atoms with Crippen LogP contribution in [0.15, 0.2) is 79.2 Å². The lowest BCUT2D eigenvalue weighted by Gasteiger charge is -2.28. The summed E-state index contributed by atoms with van der Waals surface area (Å²) in [5.41, 5.74) is 2.52. The Hall–Kier alpha value is -3.67. The van der Waals surface area contributed by atoms with Crippen LogP contribution in [-0.4, -0.2) is 28.1 Å². The van der Waals surface area contributed by atoms with Crippen LogP contribution in [0.5, 0.6) is 0 Å². The second-order valence-electron chi connectivity index (χ2n) is 7.60. The molecule has 6 nitrogen and oxygen atoms in total. The van der Waals surface area contributed by atoms with Gasteiger partial charge < -0.3 is 16.0 Å². The molecular formula is C24H25N5O. The zero-order valence-corrected chi connectivity index (χ0v) is 16.9. The van der Waals surface area contributed by atoms with Gasteiger partial charge in [0.2, 0.25) is 0 Å². The Bertz CT molecular complexity index is 1080. The maximum atomic E-state index is 12.3. The number of nitrogens with zero attached hydrogens (tertiary/aromatic N) is 2. The summed E-state index contributed by atoms with van der Waals surface area (Å²) < 4.78 is 0. The van der Waals surface area contributed by atoms with Crippen LogP contribution in [0.3, 0.4) is 0 Å². The third kappa shape index (κ3) is 4.84. The number of carbonyl (C=O) groups excluding carboxylic acids is 1. The van der Waals surface area contributed by atoms with Gasteiger partial charge in [-0.05, 0) is 49.6 Å². The van der Waals surface area contributed by atoms with Crippen molar-refractivity contribution in [3.8, 4) is 0 Å². The predicted molar refractivity (Wildman–Crippen MR) is 122 cm³/mol. The number of benzene rings is 2. The molecule has 2 aromatic carbocycles. The van der Waals surface area contributed by atoms with Gasteiger partial charge in [-0.2, -0.15) is 0 Å². The molecule has 0 aliphatic heterocycles.